The monoisotopic (exact) mass is 370 g/mol. The second kappa shape index (κ2) is 6.64. The molecule has 0 radical (unpaired) electrons. The number of hydrogen-bond acceptors (Lipinski definition) is 6. The number of carbonyl (C=O) groups is 1. The maximum Gasteiger partial charge on any atom is 0.335 e. The Labute approximate surface area is 153 Å². The largest absolute Gasteiger partial charge is 0.478 e. The Balaban J connectivity index is 1.50. The fourth-order valence-electron chi connectivity index (χ4n) is 2.47. The standard InChI is InChI=1S/C17H15ClN6O2/c18-12-8-19-17(20-11-5-3-10(4-6-11)16(25)26)22-15(12)21-14-7-13(23-24-14)9-1-2-9/h3-9H,1-2H2,(H,25,26)(H3,19,20,21,22,23,24). The van der Waals surface area contributed by atoms with Gasteiger partial charge in [0.25, 0.3) is 0 Å². The van der Waals surface area contributed by atoms with Crippen molar-refractivity contribution >= 4 is 40.8 Å². The van der Waals surface area contributed by atoms with Crippen molar-refractivity contribution in [3.63, 3.8) is 0 Å². The third kappa shape index (κ3) is 3.60. The third-order valence-corrected chi connectivity index (χ3v) is 4.27. The average Bonchev–Trinajstić information content (AvgIpc) is 3.38. The van der Waals surface area contributed by atoms with Crippen LogP contribution in [0.15, 0.2) is 36.5 Å². The zero-order valence-electron chi connectivity index (χ0n) is 13.5. The van der Waals surface area contributed by atoms with Gasteiger partial charge in [0.2, 0.25) is 5.95 Å². The van der Waals surface area contributed by atoms with E-state index in [1.54, 1.807) is 12.1 Å². The van der Waals surface area contributed by atoms with E-state index < -0.39 is 5.97 Å². The normalized spacial score (nSPS) is 13.4. The molecule has 132 valence electrons. The predicted molar refractivity (Wildman–Crippen MR) is 97.6 cm³/mol. The van der Waals surface area contributed by atoms with Crippen molar-refractivity contribution in [2.45, 2.75) is 18.8 Å². The summed E-state index contributed by atoms with van der Waals surface area (Å²) in [6.45, 7) is 0. The molecule has 2 aromatic heterocycles. The zero-order chi connectivity index (χ0) is 18.1. The number of nitrogens with zero attached hydrogens (tertiary/aromatic N) is 3. The molecule has 0 bridgehead atoms. The van der Waals surface area contributed by atoms with E-state index in [0.717, 1.165) is 5.69 Å². The molecule has 8 nitrogen and oxygen atoms in total. The van der Waals surface area contributed by atoms with E-state index in [1.165, 1.54) is 31.2 Å². The Morgan fingerprint density at radius 1 is 1.23 bits per heavy atom. The van der Waals surface area contributed by atoms with Crippen LogP contribution in [-0.4, -0.2) is 31.2 Å². The fraction of sp³-hybridized carbons (Fsp3) is 0.176. The van der Waals surface area contributed by atoms with E-state index in [9.17, 15) is 4.79 Å². The molecule has 1 fully saturated rings. The van der Waals surface area contributed by atoms with Crippen LogP contribution in [-0.2, 0) is 0 Å². The van der Waals surface area contributed by atoms with Gasteiger partial charge in [-0.2, -0.15) is 10.1 Å². The lowest BCUT2D eigenvalue weighted by atomic mass is 10.2. The number of benzene rings is 1. The van der Waals surface area contributed by atoms with Gasteiger partial charge < -0.3 is 15.7 Å². The van der Waals surface area contributed by atoms with Crippen LogP contribution in [0.4, 0.5) is 23.3 Å². The Hall–Kier alpha value is -3.13. The Morgan fingerprint density at radius 3 is 2.69 bits per heavy atom. The van der Waals surface area contributed by atoms with Gasteiger partial charge in [0.15, 0.2) is 11.6 Å². The minimum Gasteiger partial charge on any atom is -0.478 e. The summed E-state index contributed by atoms with van der Waals surface area (Å²) in [6, 6.07) is 8.24. The Bertz CT molecular complexity index is 952. The summed E-state index contributed by atoms with van der Waals surface area (Å²) >= 11 is 6.17. The summed E-state index contributed by atoms with van der Waals surface area (Å²) in [6.07, 6.45) is 3.86. The molecule has 1 saturated carbocycles. The highest BCUT2D eigenvalue weighted by Gasteiger charge is 2.25. The number of halogens is 1. The first kappa shape index (κ1) is 16.3. The molecule has 0 aliphatic heterocycles. The summed E-state index contributed by atoms with van der Waals surface area (Å²) in [5, 5.41) is 22.6. The van der Waals surface area contributed by atoms with Crippen LogP contribution in [0, 0.1) is 0 Å². The van der Waals surface area contributed by atoms with Crippen LogP contribution in [0.25, 0.3) is 0 Å². The van der Waals surface area contributed by atoms with Gasteiger partial charge in [-0.05, 0) is 37.1 Å². The van der Waals surface area contributed by atoms with Gasteiger partial charge in [-0.3, -0.25) is 5.10 Å². The lowest BCUT2D eigenvalue weighted by molar-refractivity contribution is 0.0697. The van der Waals surface area contributed by atoms with Gasteiger partial charge in [-0.25, -0.2) is 9.78 Å². The van der Waals surface area contributed by atoms with Crippen LogP contribution >= 0.6 is 11.6 Å². The molecular formula is C17H15ClN6O2. The highest BCUT2D eigenvalue weighted by molar-refractivity contribution is 6.32. The summed E-state index contributed by atoms with van der Waals surface area (Å²) < 4.78 is 0. The number of H-pyrrole nitrogens is 1. The molecule has 1 aliphatic rings. The van der Waals surface area contributed by atoms with Crippen molar-refractivity contribution < 1.29 is 9.90 Å². The number of aromatic nitrogens is 4. The molecule has 0 spiro atoms. The highest BCUT2D eigenvalue weighted by Crippen LogP contribution is 2.39. The lowest BCUT2D eigenvalue weighted by Crippen LogP contribution is -2.02. The molecule has 0 atom stereocenters. The van der Waals surface area contributed by atoms with E-state index in [1.807, 2.05) is 6.07 Å². The molecule has 4 N–H and O–H groups in total. The molecular weight excluding hydrogens is 356 g/mol. The molecule has 2 heterocycles. The van der Waals surface area contributed by atoms with E-state index in [4.69, 9.17) is 16.7 Å². The molecule has 9 heteroatoms. The second-order valence-electron chi connectivity index (χ2n) is 6.01. The van der Waals surface area contributed by atoms with Crippen LogP contribution < -0.4 is 10.6 Å². The SMILES string of the molecule is O=C(O)c1ccc(Nc2ncc(Cl)c(Nc3cc(C4CC4)[nH]n3)n2)cc1. The van der Waals surface area contributed by atoms with E-state index in [2.05, 4.69) is 30.8 Å². The molecule has 1 aliphatic carbocycles. The molecule has 4 rings (SSSR count). The molecule has 3 aromatic rings. The molecule has 0 unspecified atom stereocenters. The first-order valence-corrected chi connectivity index (χ1v) is 8.41. The van der Waals surface area contributed by atoms with E-state index in [0.29, 0.717) is 34.2 Å². The first-order chi connectivity index (χ1) is 12.6. The number of nitrogens with one attached hydrogen (secondary N) is 3. The summed E-state index contributed by atoms with van der Waals surface area (Å²) in [5.41, 5.74) is 1.98. The van der Waals surface area contributed by atoms with Crippen LogP contribution in [0.2, 0.25) is 5.02 Å². The van der Waals surface area contributed by atoms with Crippen molar-refractivity contribution in [2.24, 2.45) is 0 Å². The van der Waals surface area contributed by atoms with Crippen LogP contribution in [0.3, 0.4) is 0 Å². The first-order valence-electron chi connectivity index (χ1n) is 8.04. The molecule has 1 aromatic carbocycles. The number of rotatable bonds is 6. The van der Waals surface area contributed by atoms with Crippen molar-refractivity contribution in [3.05, 3.63) is 52.8 Å². The van der Waals surface area contributed by atoms with Crippen molar-refractivity contribution in [1.29, 1.82) is 0 Å². The smallest absolute Gasteiger partial charge is 0.335 e. The van der Waals surface area contributed by atoms with Crippen molar-refractivity contribution in [2.75, 3.05) is 10.6 Å². The fourth-order valence-corrected chi connectivity index (χ4v) is 2.60. The van der Waals surface area contributed by atoms with Gasteiger partial charge in [-0.15, -0.1) is 0 Å². The van der Waals surface area contributed by atoms with E-state index in [-0.39, 0.29) is 5.56 Å². The van der Waals surface area contributed by atoms with Crippen LogP contribution in [0.5, 0.6) is 0 Å². The number of carboxylic acids is 1. The van der Waals surface area contributed by atoms with Gasteiger partial charge >= 0.3 is 5.97 Å². The number of carboxylic acid groups (broad SMARTS) is 1. The summed E-state index contributed by atoms with van der Waals surface area (Å²) in [7, 11) is 0. The van der Waals surface area contributed by atoms with Gasteiger partial charge in [0, 0.05) is 23.4 Å². The van der Waals surface area contributed by atoms with Gasteiger partial charge in [-0.1, -0.05) is 11.6 Å². The molecule has 26 heavy (non-hydrogen) atoms. The third-order valence-electron chi connectivity index (χ3n) is 3.99. The van der Waals surface area contributed by atoms with E-state index >= 15 is 0 Å². The second-order valence-corrected chi connectivity index (χ2v) is 6.41. The topological polar surface area (TPSA) is 116 Å². The minimum atomic E-state index is -0.977. The quantitative estimate of drug-likeness (QED) is 0.519. The maximum absolute atomic E-state index is 10.9. The number of aromatic amines is 1. The number of hydrogen-bond donors (Lipinski definition) is 4. The maximum atomic E-state index is 10.9. The lowest BCUT2D eigenvalue weighted by Gasteiger charge is -2.08. The number of anilines is 4. The minimum absolute atomic E-state index is 0.208. The van der Waals surface area contributed by atoms with Crippen molar-refractivity contribution in [1.82, 2.24) is 20.2 Å². The summed E-state index contributed by atoms with van der Waals surface area (Å²) in [4.78, 5) is 19.4. The number of aromatic carboxylic acids is 1. The summed E-state index contributed by atoms with van der Waals surface area (Å²) in [5.74, 6) is 1.00. The van der Waals surface area contributed by atoms with Gasteiger partial charge in [0.1, 0.15) is 5.02 Å². The Kier molecular flexibility index (Phi) is 4.18. The van der Waals surface area contributed by atoms with Crippen LogP contribution in [0.1, 0.15) is 34.8 Å². The molecule has 0 amide bonds. The Morgan fingerprint density at radius 2 is 2.00 bits per heavy atom. The zero-order valence-corrected chi connectivity index (χ0v) is 14.3. The van der Waals surface area contributed by atoms with Gasteiger partial charge in [0.05, 0.1) is 11.8 Å². The molecule has 0 saturated heterocycles. The average molecular weight is 371 g/mol. The predicted octanol–water partition coefficient (Wildman–Crippen LogP) is 3.92. The van der Waals surface area contributed by atoms with Crippen molar-refractivity contribution in [3.8, 4) is 0 Å². The highest BCUT2D eigenvalue weighted by atomic mass is 35.5.